The van der Waals surface area contributed by atoms with Crippen LogP contribution in [-0.2, 0) is 18.5 Å². The molecule has 0 aliphatic rings. The molecule has 0 aliphatic carbocycles. The molecule has 2 N–H and O–H groups in total. The lowest BCUT2D eigenvalue weighted by molar-refractivity contribution is 0.124. The Hall–Kier alpha value is -1.03. The molecule has 0 aliphatic heterocycles. The zero-order chi connectivity index (χ0) is 10.1. The Morgan fingerprint density at radius 2 is 2.29 bits per heavy atom. The fourth-order valence-electron chi connectivity index (χ4n) is 1.57. The van der Waals surface area contributed by atoms with Crippen molar-refractivity contribution in [2.75, 3.05) is 0 Å². The van der Waals surface area contributed by atoms with Crippen molar-refractivity contribution in [3.05, 3.63) is 35.0 Å². The van der Waals surface area contributed by atoms with Gasteiger partial charge in [-0.25, -0.2) is 5.90 Å². The lowest BCUT2D eigenvalue weighted by Crippen LogP contribution is -1.98. The van der Waals surface area contributed by atoms with Crippen LogP contribution in [0, 0.1) is 0 Å². The molecule has 1 aromatic heterocycles. The molecule has 0 amide bonds. The van der Waals surface area contributed by atoms with Gasteiger partial charge in [0.25, 0.3) is 0 Å². The molecule has 0 unspecified atom stereocenters. The second-order valence-corrected chi connectivity index (χ2v) is 3.66. The third kappa shape index (κ3) is 1.50. The van der Waals surface area contributed by atoms with Crippen LogP contribution in [0.25, 0.3) is 10.9 Å². The Morgan fingerprint density at radius 1 is 1.50 bits per heavy atom. The van der Waals surface area contributed by atoms with Crippen molar-refractivity contribution >= 4 is 22.5 Å². The Balaban J connectivity index is 2.59. The molecule has 1 heterocycles. The van der Waals surface area contributed by atoms with E-state index in [2.05, 4.69) is 4.84 Å². The summed E-state index contributed by atoms with van der Waals surface area (Å²) in [4.78, 5) is 4.58. The minimum absolute atomic E-state index is 0.415. The van der Waals surface area contributed by atoms with Gasteiger partial charge in [-0.1, -0.05) is 23.7 Å². The average molecular weight is 211 g/mol. The van der Waals surface area contributed by atoms with Crippen molar-refractivity contribution in [3.8, 4) is 0 Å². The van der Waals surface area contributed by atoms with Crippen LogP contribution in [0.1, 0.15) is 5.56 Å². The molecule has 2 rings (SSSR count). The highest BCUT2D eigenvalue weighted by Gasteiger charge is 2.04. The quantitative estimate of drug-likeness (QED) is 0.773. The van der Waals surface area contributed by atoms with Crippen molar-refractivity contribution in [3.63, 3.8) is 0 Å². The van der Waals surface area contributed by atoms with Gasteiger partial charge in [0.2, 0.25) is 0 Å². The molecule has 4 heteroatoms. The van der Waals surface area contributed by atoms with Crippen molar-refractivity contribution in [1.29, 1.82) is 0 Å². The summed E-state index contributed by atoms with van der Waals surface area (Å²) in [6.45, 7) is 0.415. The predicted molar refractivity (Wildman–Crippen MR) is 56.9 cm³/mol. The van der Waals surface area contributed by atoms with Gasteiger partial charge in [-0.2, -0.15) is 0 Å². The van der Waals surface area contributed by atoms with E-state index in [4.69, 9.17) is 17.5 Å². The van der Waals surface area contributed by atoms with Crippen LogP contribution in [0.2, 0.25) is 5.02 Å². The van der Waals surface area contributed by atoms with Crippen LogP contribution in [-0.4, -0.2) is 4.57 Å². The van der Waals surface area contributed by atoms with Gasteiger partial charge in [0.1, 0.15) is 0 Å². The Kier molecular flexibility index (Phi) is 2.46. The molecule has 0 saturated heterocycles. The lowest BCUT2D eigenvalue weighted by Gasteiger charge is -2.00. The van der Waals surface area contributed by atoms with Crippen LogP contribution in [0.5, 0.6) is 0 Å². The summed E-state index contributed by atoms with van der Waals surface area (Å²) in [6, 6.07) is 5.96. The topological polar surface area (TPSA) is 40.2 Å². The van der Waals surface area contributed by atoms with Gasteiger partial charge in [0.05, 0.1) is 11.6 Å². The first kappa shape index (κ1) is 9.52. The normalized spacial score (nSPS) is 11.1. The van der Waals surface area contributed by atoms with E-state index in [0.29, 0.717) is 6.61 Å². The largest absolute Gasteiger partial charge is 0.349 e. The van der Waals surface area contributed by atoms with E-state index < -0.39 is 0 Å². The molecule has 0 saturated carbocycles. The van der Waals surface area contributed by atoms with Crippen molar-refractivity contribution in [2.45, 2.75) is 6.61 Å². The van der Waals surface area contributed by atoms with E-state index >= 15 is 0 Å². The van der Waals surface area contributed by atoms with Gasteiger partial charge in [-0.15, -0.1) is 0 Å². The molecule has 1 aromatic carbocycles. The van der Waals surface area contributed by atoms with Crippen molar-refractivity contribution in [1.82, 2.24) is 4.57 Å². The van der Waals surface area contributed by atoms with Gasteiger partial charge in [0, 0.05) is 24.1 Å². The highest BCUT2D eigenvalue weighted by Crippen LogP contribution is 2.25. The van der Waals surface area contributed by atoms with E-state index in [1.165, 1.54) is 0 Å². The first-order valence-corrected chi connectivity index (χ1v) is 4.65. The van der Waals surface area contributed by atoms with Gasteiger partial charge in [0.15, 0.2) is 0 Å². The van der Waals surface area contributed by atoms with Gasteiger partial charge in [-0.05, 0) is 11.6 Å². The maximum absolute atomic E-state index is 6.03. The van der Waals surface area contributed by atoms with Crippen molar-refractivity contribution in [2.24, 2.45) is 12.9 Å². The molecule has 0 atom stereocenters. The second-order valence-electron chi connectivity index (χ2n) is 3.25. The zero-order valence-corrected chi connectivity index (χ0v) is 8.58. The summed E-state index contributed by atoms with van der Waals surface area (Å²) in [7, 11) is 1.96. The first-order valence-electron chi connectivity index (χ1n) is 4.27. The smallest absolute Gasteiger partial charge is 0.0930 e. The van der Waals surface area contributed by atoms with E-state index in [-0.39, 0.29) is 0 Å². The summed E-state index contributed by atoms with van der Waals surface area (Å²) in [6.07, 6.45) is 1.89. The number of aryl methyl sites for hydroxylation is 1. The Bertz CT molecular complexity index is 464. The molecular formula is C10H11ClN2O. The Labute approximate surface area is 87.0 Å². The number of nitrogens with two attached hydrogens (primary N) is 1. The number of hydrogen-bond donors (Lipinski definition) is 1. The lowest BCUT2D eigenvalue weighted by atomic mass is 10.2. The summed E-state index contributed by atoms with van der Waals surface area (Å²) >= 11 is 6.03. The average Bonchev–Trinajstić information content (AvgIpc) is 2.43. The third-order valence-electron chi connectivity index (χ3n) is 2.26. The molecule has 2 aromatic rings. The van der Waals surface area contributed by atoms with E-state index in [0.717, 1.165) is 21.5 Å². The summed E-state index contributed by atoms with van der Waals surface area (Å²) < 4.78 is 1.98. The zero-order valence-electron chi connectivity index (χ0n) is 7.83. The third-order valence-corrected chi connectivity index (χ3v) is 2.56. The molecule has 74 valence electrons. The number of aromatic nitrogens is 1. The Morgan fingerprint density at radius 3 is 3.00 bits per heavy atom. The van der Waals surface area contributed by atoms with Crippen LogP contribution < -0.4 is 5.90 Å². The molecule has 0 spiro atoms. The monoisotopic (exact) mass is 210 g/mol. The van der Waals surface area contributed by atoms with Crippen LogP contribution in [0.15, 0.2) is 24.4 Å². The fraction of sp³-hybridized carbons (Fsp3) is 0.200. The number of hydrogen-bond acceptors (Lipinski definition) is 2. The molecule has 14 heavy (non-hydrogen) atoms. The number of benzene rings is 1. The minimum Gasteiger partial charge on any atom is -0.349 e. The van der Waals surface area contributed by atoms with Crippen molar-refractivity contribution < 1.29 is 4.84 Å². The van der Waals surface area contributed by atoms with Crippen LogP contribution in [0.4, 0.5) is 0 Å². The summed E-state index contributed by atoms with van der Waals surface area (Å²) in [5, 5.41) is 1.82. The highest BCUT2D eigenvalue weighted by molar-refractivity contribution is 6.35. The van der Waals surface area contributed by atoms with Gasteiger partial charge in [-0.3, -0.25) is 4.84 Å². The standard InChI is InChI=1S/C10H11ClN2O/c1-13-5-9(11)8-3-2-7(6-14-12)4-10(8)13/h2-5H,6,12H2,1H3. The fourth-order valence-corrected chi connectivity index (χ4v) is 1.87. The van der Waals surface area contributed by atoms with Gasteiger partial charge < -0.3 is 4.57 Å². The molecule has 0 fully saturated rings. The number of fused-ring (bicyclic) bond motifs is 1. The molecule has 0 bridgehead atoms. The van der Waals surface area contributed by atoms with E-state index in [9.17, 15) is 0 Å². The minimum atomic E-state index is 0.415. The summed E-state index contributed by atoms with van der Waals surface area (Å²) in [5.74, 6) is 5.02. The molecular weight excluding hydrogens is 200 g/mol. The number of nitrogens with zero attached hydrogens (tertiary/aromatic N) is 1. The highest BCUT2D eigenvalue weighted by atomic mass is 35.5. The van der Waals surface area contributed by atoms with Crippen LogP contribution >= 0.6 is 11.6 Å². The second kappa shape index (κ2) is 3.61. The predicted octanol–water partition coefficient (Wildman–Crippen LogP) is 2.22. The van der Waals surface area contributed by atoms with E-state index in [1.807, 2.05) is 36.0 Å². The van der Waals surface area contributed by atoms with Gasteiger partial charge >= 0.3 is 0 Å². The maximum atomic E-state index is 6.03. The number of halogens is 1. The summed E-state index contributed by atoms with van der Waals surface area (Å²) in [5.41, 5.74) is 2.13. The molecule has 3 nitrogen and oxygen atoms in total. The van der Waals surface area contributed by atoms with Crippen LogP contribution in [0.3, 0.4) is 0 Å². The maximum Gasteiger partial charge on any atom is 0.0930 e. The van der Waals surface area contributed by atoms with E-state index in [1.54, 1.807) is 0 Å². The first-order chi connectivity index (χ1) is 6.72. The SMILES string of the molecule is Cn1cc(Cl)c2ccc(CON)cc21. The molecule has 0 radical (unpaired) electrons. The number of rotatable bonds is 2.